The molecule has 0 heterocycles. The summed E-state index contributed by atoms with van der Waals surface area (Å²) in [7, 11) is 1.20. The van der Waals surface area contributed by atoms with E-state index in [0.29, 0.717) is 5.56 Å². The van der Waals surface area contributed by atoms with Gasteiger partial charge in [-0.25, -0.2) is 4.39 Å². The average molecular weight is 210 g/mol. The molecule has 0 radical (unpaired) electrons. The molecule has 0 saturated carbocycles. The number of esters is 1. The van der Waals surface area contributed by atoms with E-state index in [-0.39, 0.29) is 12.0 Å². The van der Waals surface area contributed by atoms with Crippen LogP contribution >= 0.6 is 0 Å². The molecule has 4 heteroatoms. The highest BCUT2D eigenvalue weighted by Gasteiger charge is 2.12. The van der Waals surface area contributed by atoms with Gasteiger partial charge in [0.15, 0.2) is 5.78 Å². The molecular weight excluding hydrogens is 199 g/mol. The van der Waals surface area contributed by atoms with Crippen LogP contribution in [0.5, 0.6) is 0 Å². The van der Waals surface area contributed by atoms with Crippen LogP contribution in [0.2, 0.25) is 0 Å². The normalized spacial score (nSPS) is 9.80. The molecule has 0 spiro atoms. The first-order valence-electron chi connectivity index (χ1n) is 4.40. The standard InChI is InChI=1S/C11H11FO3/c1-7-3-4-8(5-9(7)12)10(13)6-11(14)15-2/h3-5H,6H2,1-2H3. The van der Waals surface area contributed by atoms with Crippen LogP contribution in [-0.4, -0.2) is 18.9 Å². The van der Waals surface area contributed by atoms with Crippen LogP contribution < -0.4 is 0 Å². The molecule has 0 aliphatic heterocycles. The highest BCUT2D eigenvalue weighted by Crippen LogP contribution is 2.11. The number of benzene rings is 1. The largest absolute Gasteiger partial charge is 0.469 e. The van der Waals surface area contributed by atoms with Crippen molar-refractivity contribution >= 4 is 11.8 Å². The van der Waals surface area contributed by atoms with Crippen molar-refractivity contribution in [3.8, 4) is 0 Å². The number of methoxy groups -OCH3 is 1. The lowest BCUT2D eigenvalue weighted by molar-refractivity contribution is -0.139. The Morgan fingerprint density at radius 1 is 1.40 bits per heavy atom. The van der Waals surface area contributed by atoms with Crippen molar-refractivity contribution in [2.24, 2.45) is 0 Å². The van der Waals surface area contributed by atoms with E-state index in [0.717, 1.165) is 6.07 Å². The first-order chi connectivity index (χ1) is 7.04. The molecule has 0 fully saturated rings. The van der Waals surface area contributed by atoms with Crippen molar-refractivity contribution in [2.75, 3.05) is 7.11 Å². The molecule has 0 aliphatic rings. The Bertz CT molecular complexity index is 399. The summed E-state index contributed by atoms with van der Waals surface area (Å²) in [5.74, 6) is -1.52. The monoisotopic (exact) mass is 210 g/mol. The van der Waals surface area contributed by atoms with Gasteiger partial charge < -0.3 is 4.74 Å². The Labute approximate surface area is 86.9 Å². The third kappa shape index (κ3) is 2.87. The van der Waals surface area contributed by atoms with Crippen LogP contribution in [0.25, 0.3) is 0 Å². The summed E-state index contributed by atoms with van der Waals surface area (Å²) in [5, 5.41) is 0. The molecule has 0 atom stereocenters. The van der Waals surface area contributed by atoms with E-state index in [4.69, 9.17) is 0 Å². The van der Waals surface area contributed by atoms with Crippen LogP contribution in [0.3, 0.4) is 0 Å². The third-order valence-electron chi connectivity index (χ3n) is 2.03. The van der Waals surface area contributed by atoms with Crippen LogP contribution in [0.15, 0.2) is 18.2 Å². The Morgan fingerprint density at radius 2 is 2.07 bits per heavy atom. The molecule has 0 unspecified atom stereocenters. The summed E-state index contributed by atoms with van der Waals surface area (Å²) in [5.41, 5.74) is 0.646. The number of ether oxygens (including phenoxy) is 1. The minimum absolute atomic E-state index is 0.184. The van der Waals surface area contributed by atoms with Crippen molar-refractivity contribution in [3.63, 3.8) is 0 Å². The molecule has 1 rings (SSSR count). The fraction of sp³-hybridized carbons (Fsp3) is 0.273. The summed E-state index contributed by atoms with van der Waals surface area (Å²) in [6, 6.07) is 4.12. The molecule has 0 amide bonds. The Balaban J connectivity index is 2.83. The number of hydrogen-bond donors (Lipinski definition) is 0. The van der Waals surface area contributed by atoms with Crippen molar-refractivity contribution < 1.29 is 18.7 Å². The van der Waals surface area contributed by atoms with E-state index in [1.54, 1.807) is 6.92 Å². The molecule has 3 nitrogen and oxygen atoms in total. The van der Waals surface area contributed by atoms with Gasteiger partial charge in [0.25, 0.3) is 0 Å². The average Bonchev–Trinajstić information content (AvgIpc) is 2.21. The lowest BCUT2D eigenvalue weighted by atomic mass is 10.1. The van der Waals surface area contributed by atoms with E-state index in [1.807, 2.05) is 0 Å². The van der Waals surface area contributed by atoms with E-state index >= 15 is 0 Å². The Morgan fingerprint density at radius 3 is 2.60 bits per heavy atom. The van der Waals surface area contributed by atoms with Crippen LogP contribution in [0.1, 0.15) is 22.3 Å². The minimum Gasteiger partial charge on any atom is -0.469 e. The molecule has 1 aromatic carbocycles. The van der Waals surface area contributed by atoms with Gasteiger partial charge >= 0.3 is 5.97 Å². The van der Waals surface area contributed by atoms with Gasteiger partial charge in [-0.2, -0.15) is 0 Å². The zero-order chi connectivity index (χ0) is 11.4. The SMILES string of the molecule is COC(=O)CC(=O)c1ccc(C)c(F)c1. The summed E-state index contributed by atoms with van der Waals surface area (Å²) in [6.07, 6.45) is -0.362. The van der Waals surface area contributed by atoms with Crippen LogP contribution in [-0.2, 0) is 9.53 Å². The number of hydrogen-bond acceptors (Lipinski definition) is 3. The maximum atomic E-state index is 13.1. The molecular formula is C11H11FO3. The fourth-order valence-corrected chi connectivity index (χ4v) is 1.07. The molecule has 80 valence electrons. The predicted molar refractivity (Wildman–Crippen MR) is 52.1 cm³/mol. The lowest BCUT2D eigenvalue weighted by Crippen LogP contribution is -2.09. The number of halogens is 1. The van der Waals surface area contributed by atoms with Gasteiger partial charge in [0, 0.05) is 5.56 Å². The van der Waals surface area contributed by atoms with Crippen molar-refractivity contribution in [1.82, 2.24) is 0 Å². The van der Waals surface area contributed by atoms with Gasteiger partial charge in [0.05, 0.1) is 7.11 Å². The van der Waals surface area contributed by atoms with Gasteiger partial charge in [-0.1, -0.05) is 12.1 Å². The fourth-order valence-electron chi connectivity index (χ4n) is 1.07. The highest BCUT2D eigenvalue weighted by molar-refractivity contribution is 6.05. The Kier molecular flexibility index (Phi) is 3.55. The Hall–Kier alpha value is -1.71. The molecule has 0 bridgehead atoms. The molecule has 0 N–H and O–H groups in total. The smallest absolute Gasteiger partial charge is 0.313 e. The van der Waals surface area contributed by atoms with Gasteiger partial charge in [-0.05, 0) is 18.6 Å². The van der Waals surface area contributed by atoms with E-state index in [1.165, 1.54) is 19.2 Å². The van der Waals surface area contributed by atoms with Gasteiger partial charge in [-0.3, -0.25) is 9.59 Å². The zero-order valence-corrected chi connectivity index (χ0v) is 8.54. The quantitative estimate of drug-likeness (QED) is 0.434. The second kappa shape index (κ2) is 4.68. The number of carbonyl (C=O) groups is 2. The van der Waals surface area contributed by atoms with E-state index in [2.05, 4.69) is 4.74 Å². The molecule has 0 aliphatic carbocycles. The molecule has 1 aromatic rings. The first-order valence-corrected chi connectivity index (χ1v) is 4.40. The van der Waals surface area contributed by atoms with E-state index < -0.39 is 17.6 Å². The number of ketones is 1. The molecule has 0 saturated heterocycles. The number of aryl methyl sites for hydroxylation is 1. The van der Waals surface area contributed by atoms with Crippen molar-refractivity contribution in [1.29, 1.82) is 0 Å². The minimum atomic E-state index is -0.624. The number of rotatable bonds is 3. The van der Waals surface area contributed by atoms with Crippen molar-refractivity contribution in [2.45, 2.75) is 13.3 Å². The molecule has 0 aromatic heterocycles. The summed E-state index contributed by atoms with van der Waals surface area (Å²) in [4.78, 5) is 22.2. The van der Waals surface area contributed by atoms with Gasteiger partial charge in [0.2, 0.25) is 0 Å². The lowest BCUT2D eigenvalue weighted by Gasteiger charge is -2.01. The maximum absolute atomic E-state index is 13.1. The zero-order valence-electron chi connectivity index (χ0n) is 8.54. The molecule has 15 heavy (non-hydrogen) atoms. The highest BCUT2D eigenvalue weighted by atomic mass is 19.1. The van der Waals surface area contributed by atoms with Gasteiger partial charge in [-0.15, -0.1) is 0 Å². The van der Waals surface area contributed by atoms with Gasteiger partial charge in [0.1, 0.15) is 12.2 Å². The van der Waals surface area contributed by atoms with E-state index in [9.17, 15) is 14.0 Å². The predicted octanol–water partition coefficient (Wildman–Crippen LogP) is 1.88. The second-order valence-electron chi connectivity index (χ2n) is 3.14. The second-order valence-corrected chi connectivity index (χ2v) is 3.14. The number of carbonyl (C=O) groups excluding carboxylic acids is 2. The number of Topliss-reactive ketones (excluding diaryl/α,β-unsaturated/α-hetero) is 1. The first kappa shape index (κ1) is 11.4. The maximum Gasteiger partial charge on any atom is 0.313 e. The van der Waals surface area contributed by atoms with Crippen molar-refractivity contribution in [3.05, 3.63) is 35.1 Å². The third-order valence-corrected chi connectivity index (χ3v) is 2.03. The topological polar surface area (TPSA) is 43.4 Å². The summed E-state index contributed by atoms with van der Waals surface area (Å²) in [6.45, 7) is 1.60. The van der Waals surface area contributed by atoms with Crippen LogP contribution in [0.4, 0.5) is 4.39 Å². The van der Waals surface area contributed by atoms with Crippen LogP contribution in [0, 0.1) is 12.7 Å². The summed E-state index contributed by atoms with van der Waals surface area (Å²) >= 11 is 0. The summed E-state index contributed by atoms with van der Waals surface area (Å²) < 4.78 is 17.4.